The molecular formula is C19H31NO3. The van der Waals surface area contributed by atoms with Crippen LogP contribution in [0.5, 0.6) is 5.75 Å². The van der Waals surface area contributed by atoms with Crippen molar-refractivity contribution in [1.82, 2.24) is 4.90 Å². The molecule has 1 N–H and O–H groups in total. The molecule has 1 atom stereocenters. The van der Waals surface area contributed by atoms with E-state index in [1.165, 1.54) is 19.3 Å². The predicted octanol–water partition coefficient (Wildman–Crippen LogP) is 3.63. The van der Waals surface area contributed by atoms with Gasteiger partial charge in [-0.2, -0.15) is 0 Å². The molecule has 0 aliphatic carbocycles. The summed E-state index contributed by atoms with van der Waals surface area (Å²) in [6.07, 6.45) is 5.21. The van der Waals surface area contributed by atoms with Crippen molar-refractivity contribution in [2.24, 2.45) is 5.92 Å². The topological polar surface area (TPSA) is 49.8 Å². The maximum Gasteiger partial charge on any atom is 0.226 e. The van der Waals surface area contributed by atoms with Crippen molar-refractivity contribution >= 4 is 5.91 Å². The largest absolute Gasteiger partial charge is 0.508 e. The molecule has 0 radical (unpaired) electrons. The molecule has 0 saturated carbocycles. The van der Waals surface area contributed by atoms with E-state index < -0.39 is 0 Å². The number of aromatic hydroxyl groups is 1. The quantitative estimate of drug-likeness (QED) is 0.633. The molecule has 1 aromatic carbocycles. The molecular weight excluding hydrogens is 290 g/mol. The van der Waals surface area contributed by atoms with E-state index in [-0.39, 0.29) is 11.7 Å². The first-order valence-electron chi connectivity index (χ1n) is 8.66. The maximum absolute atomic E-state index is 12.1. The number of phenols is 1. The highest BCUT2D eigenvalue weighted by Gasteiger charge is 2.10. The molecule has 0 saturated heterocycles. The summed E-state index contributed by atoms with van der Waals surface area (Å²) in [5.41, 5.74) is 0.909. The van der Waals surface area contributed by atoms with Crippen LogP contribution in [-0.4, -0.2) is 42.7 Å². The first kappa shape index (κ1) is 19.5. The maximum atomic E-state index is 12.1. The summed E-state index contributed by atoms with van der Waals surface area (Å²) in [4.78, 5) is 13.8. The molecule has 1 unspecified atom stereocenters. The van der Waals surface area contributed by atoms with E-state index in [9.17, 15) is 9.90 Å². The van der Waals surface area contributed by atoms with Gasteiger partial charge < -0.3 is 14.7 Å². The van der Waals surface area contributed by atoms with Crippen molar-refractivity contribution in [2.45, 2.75) is 46.0 Å². The molecule has 0 aliphatic heterocycles. The van der Waals surface area contributed by atoms with Crippen molar-refractivity contribution in [3.63, 3.8) is 0 Å². The third kappa shape index (κ3) is 8.03. The standard InChI is InChI=1S/C19H31NO3/c1-4-6-7-16(5-2)15-23-13-12-20(3)19(22)14-17-8-10-18(21)11-9-17/h8-11,16,21H,4-7,12-15H2,1-3H3. The molecule has 1 amide bonds. The number of rotatable bonds is 11. The minimum atomic E-state index is 0.0670. The lowest BCUT2D eigenvalue weighted by molar-refractivity contribution is -0.129. The average Bonchev–Trinajstić information content (AvgIpc) is 2.56. The number of hydrogen-bond donors (Lipinski definition) is 1. The Morgan fingerprint density at radius 3 is 2.57 bits per heavy atom. The molecule has 0 aromatic heterocycles. The molecule has 0 spiro atoms. The highest BCUT2D eigenvalue weighted by Crippen LogP contribution is 2.13. The second-order valence-electron chi connectivity index (χ2n) is 6.15. The summed E-state index contributed by atoms with van der Waals surface area (Å²) in [6.45, 7) is 6.40. The van der Waals surface area contributed by atoms with Gasteiger partial charge in [0.2, 0.25) is 5.91 Å². The highest BCUT2D eigenvalue weighted by molar-refractivity contribution is 5.78. The van der Waals surface area contributed by atoms with Crippen molar-refractivity contribution in [1.29, 1.82) is 0 Å². The molecule has 0 aliphatic rings. The SMILES string of the molecule is CCCCC(CC)COCCN(C)C(=O)Cc1ccc(O)cc1. The molecule has 1 rings (SSSR count). The molecule has 23 heavy (non-hydrogen) atoms. The number of ether oxygens (including phenoxy) is 1. The fraction of sp³-hybridized carbons (Fsp3) is 0.632. The highest BCUT2D eigenvalue weighted by atomic mass is 16.5. The lowest BCUT2D eigenvalue weighted by Crippen LogP contribution is -2.31. The summed E-state index contributed by atoms with van der Waals surface area (Å²) in [6, 6.07) is 6.76. The van der Waals surface area contributed by atoms with Crippen LogP contribution >= 0.6 is 0 Å². The predicted molar refractivity (Wildman–Crippen MR) is 93.6 cm³/mol. The number of hydrogen-bond acceptors (Lipinski definition) is 3. The Hall–Kier alpha value is -1.55. The molecule has 1 aromatic rings. The van der Waals surface area contributed by atoms with Crippen LogP contribution in [0.2, 0.25) is 0 Å². The Kier molecular flexibility index (Phi) is 9.37. The van der Waals surface area contributed by atoms with Gasteiger partial charge in [-0.1, -0.05) is 45.2 Å². The number of phenolic OH excluding ortho intramolecular Hbond substituents is 1. The summed E-state index contributed by atoms with van der Waals surface area (Å²) >= 11 is 0. The average molecular weight is 321 g/mol. The Balaban J connectivity index is 2.23. The first-order chi connectivity index (χ1) is 11.1. The number of likely N-dealkylation sites (N-methyl/N-ethyl adjacent to an activating group) is 1. The van der Waals surface area contributed by atoms with Gasteiger partial charge in [-0.05, 0) is 30.0 Å². The van der Waals surface area contributed by atoms with Crippen LogP contribution in [0.4, 0.5) is 0 Å². The van der Waals surface area contributed by atoms with Gasteiger partial charge >= 0.3 is 0 Å². The fourth-order valence-corrected chi connectivity index (χ4v) is 2.40. The second kappa shape index (κ2) is 11.1. The molecule has 0 fully saturated rings. The van der Waals surface area contributed by atoms with Gasteiger partial charge in [-0.25, -0.2) is 0 Å². The lowest BCUT2D eigenvalue weighted by atomic mass is 10.0. The number of carbonyl (C=O) groups excluding carboxylic acids is 1. The van der Waals surface area contributed by atoms with Crippen LogP contribution in [-0.2, 0) is 16.0 Å². The summed E-state index contributed by atoms with van der Waals surface area (Å²) in [5.74, 6) is 0.918. The van der Waals surface area contributed by atoms with E-state index in [0.717, 1.165) is 18.6 Å². The van der Waals surface area contributed by atoms with E-state index in [2.05, 4.69) is 13.8 Å². The van der Waals surface area contributed by atoms with Gasteiger partial charge in [0.05, 0.1) is 13.0 Å². The molecule has 130 valence electrons. The van der Waals surface area contributed by atoms with E-state index in [1.54, 1.807) is 36.2 Å². The van der Waals surface area contributed by atoms with E-state index >= 15 is 0 Å². The van der Waals surface area contributed by atoms with Crippen molar-refractivity contribution in [3.8, 4) is 5.75 Å². The minimum absolute atomic E-state index is 0.0670. The zero-order chi connectivity index (χ0) is 17.1. The molecule has 0 bridgehead atoms. The van der Waals surface area contributed by atoms with Crippen molar-refractivity contribution in [2.75, 3.05) is 26.8 Å². The van der Waals surface area contributed by atoms with Crippen LogP contribution < -0.4 is 0 Å². The minimum Gasteiger partial charge on any atom is -0.508 e. The van der Waals surface area contributed by atoms with Crippen molar-refractivity contribution < 1.29 is 14.6 Å². The molecule has 4 heteroatoms. The number of amides is 1. The Bertz CT molecular complexity index is 444. The van der Waals surface area contributed by atoms with Gasteiger partial charge in [0.15, 0.2) is 0 Å². The summed E-state index contributed by atoms with van der Waals surface area (Å²) in [7, 11) is 1.81. The van der Waals surface area contributed by atoms with Crippen LogP contribution in [0.15, 0.2) is 24.3 Å². The Morgan fingerprint density at radius 1 is 1.26 bits per heavy atom. The van der Waals surface area contributed by atoms with Gasteiger partial charge in [-0.15, -0.1) is 0 Å². The number of carbonyl (C=O) groups is 1. The van der Waals surface area contributed by atoms with Gasteiger partial charge in [0, 0.05) is 20.2 Å². The monoisotopic (exact) mass is 321 g/mol. The zero-order valence-electron chi connectivity index (χ0n) is 14.8. The summed E-state index contributed by atoms with van der Waals surface area (Å²) < 4.78 is 5.74. The third-order valence-electron chi connectivity index (χ3n) is 4.19. The number of unbranched alkanes of at least 4 members (excludes halogenated alkanes) is 1. The van der Waals surface area contributed by atoms with Gasteiger partial charge in [-0.3, -0.25) is 4.79 Å². The Labute approximate surface area is 140 Å². The smallest absolute Gasteiger partial charge is 0.226 e. The van der Waals surface area contributed by atoms with Crippen molar-refractivity contribution in [3.05, 3.63) is 29.8 Å². The number of benzene rings is 1. The van der Waals surface area contributed by atoms with E-state index in [0.29, 0.717) is 25.5 Å². The first-order valence-corrected chi connectivity index (χ1v) is 8.66. The van der Waals surface area contributed by atoms with Gasteiger partial charge in [0.1, 0.15) is 5.75 Å². The normalized spacial score (nSPS) is 12.1. The van der Waals surface area contributed by atoms with Crippen LogP contribution in [0.3, 0.4) is 0 Å². The van der Waals surface area contributed by atoms with Crippen LogP contribution in [0, 0.1) is 5.92 Å². The van der Waals surface area contributed by atoms with Gasteiger partial charge in [0.25, 0.3) is 0 Å². The van der Waals surface area contributed by atoms with Crippen LogP contribution in [0.1, 0.15) is 45.1 Å². The van der Waals surface area contributed by atoms with E-state index in [4.69, 9.17) is 4.74 Å². The molecule has 4 nitrogen and oxygen atoms in total. The van der Waals surface area contributed by atoms with E-state index in [1.807, 2.05) is 0 Å². The zero-order valence-corrected chi connectivity index (χ0v) is 14.8. The third-order valence-corrected chi connectivity index (χ3v) is 4.19. The summed E-state index contributed by atoms with van der Waals surface area (Å²) in [5, 5.41) is 9.25. The number of nitrogens with zero attached hydrogens (tertiary/aromatic N) is 1. The lowest BCUT2D eigenvalue weighted by Gasteiger charge is -2.19. The Morgan fingerprint density at radius 2 is 1.96 bits per heavy atom. The second-order valence-corrected chi connectivity index (χ2v) is 6.15. The molecule has 0 heterocycles. The fourth-order valence-electron chi connectivity index (χ4n) is 2.40. The van der Waals surface area contributed by atoms with Crippen LogP contribution in [0.25, 0.3) is 0 Å².